The maximum absolute atomic E-state index is 5.46. The second-order valence-corrected chi connectivity index (χ2v) is 19.1. The van der Waals surface area contributed by atoms with Crippen LogP contribution in [0.5, 0.6) is 0 Å². The molecule has 5 aromatic rings. The van der Waals surface area contributed by atoms with Crippen molar-refractivity contribution in [1.82, 2.24) is 4.98 Å². The van der Waals surface area contributed by atoms with Gasteiger partial charge in [0.25, 0.3) is 0 Å². The molecule has 8 rings (SSSR count). The predicted molar refractivity (Wildman–Crippen MR) is 242 cm³/mol. The Bertz CT molecular complexity index is 2350. The van der Waals surface area contributed by atoms with Gasteiger partial charge in [-0.2, -0.15) is 0 Å². The number of para-hydroxylation sites is 1. The van der Waals surface area contributed by atoms with Gasteiger partial charge in [-0.1, -0.05) is 147 Å². The first-order valence-electron chi connectivity index (χ1n) is 20.3. The molecule has 2 atom stereocenters. The van der Waals surface area contributed by atoms with E-state index < -0.39 is 0 Å². The van der Waals surface area contributed by atoms with Crippen LogP contribution in [-0.4, -0.2) is 24.8 Å². The lowest BCUT2D eigenvalue weighted by molar-refractivity contribution is 0.589. The second kappa shape index (κ2) is 13.7. The van der Waals surface area contributed by atoms with E-state index in [1.807, 2.05) is 0 Å². The van der Waals surface area contributed by atoms with Gasteiger partial charge in [0.05, 0.1) is 6.04 Å². The molecule has 0 fully saturated rings. The van der Waals surface area contributed by atoms with Crippen LogP contribution in [0.25, 0.3) is 0 Å². The highest BCUT2D eigenvalue weighted by atomic mass is 15.2. The number of aryl methyl sites for hydroxylation is 1. The molecule has 0 saturated carbocycles. The summed E-state index contributed by atoms with van der Waals surface area (Å²) in [6, 6.07) is 38.9. The third-order valence-electron chi connectivity index (χ3n) is 12.0. The van der Waals surface area contributed by atoms with E-state index in [1.165, 1.54) is 50.4 Å². The van der Waals surface area contributed by atoms with Crippen molar-refractivity contribution < 1.29 is 0 Å². The van der Waals surface area contributed by atoms with E-state index in [0.717, 1.165) is 22.9 Å². The Hall–Kier alpha value is -5.29. The molecule has 0 bridgehead atoms. The summed E-state index contributed by atoms with van der Waals surface area (Å²) in [7, 11) is 2.23. The molecule has 2 aliphatic heterocycles. The van der Waals surface area contributed by atoms with E-state index in [9.17, 15) is 0 Å². The number of nitrogens with zero attached hydrogens (tertiary/aromatic N) is 4. The van der Waals surface area contributed by atoms with Crippen LogP contribution < -0.4 is 25.6 Å². The zero-order valence-corrected chi connectivity index (χ0v) is 35.2. The Morgan fingerprint density at radius 3 is 1.75 bits per heavy atom. The number of fused-ring (bicyclic) bond motifs is 2. The van der Waals surface area contributed by atoms with Crippen molar-refractivity contribution in [3.8, 4) is 0 Å². The number of anilines is 6. The van der Waals surface area contributed by atoms with Gasteiger partial charge in [-0.15, -0.1) is 0 Å². The highest BCUT2D eigenvalue weighted by molar-refractivity contribution is 6.93. The normalized spacial score (nSPS) is 17.8. The van der Waals surface area contributed by atoms with Crippen LogP contribution >= 0.6 is 0 Å². The quantitative estimate of drug-likeness (QED) is 0.168. The predicted octanol–water partition coefficient (Wildman–Crippen LogP) is 11.5. The minimum absolute atomic E-state index is 0.0136. The van der Waals surface area contributed by atoms with Gasteiger partial charge in [0.2, 0.25) is 6.71 Å². The number of aromatic nitrogens is 1. The first kappa shape index (κ1) is 37.6. The summed E-state index contributed by atoms with van der Waals surface area (Å²) < 4.78 is 0. The third-order valence-corrected chi connectivity index (χ3v) is 12.0. The van der Waals surface area contributed by atoms with Gasteiger partial charge in [-0.3, -0.25) is 4.90 Å². The van der Waals surface area contributed by atoms with Gasteiger partial charge in [0, 0.05) is 52.8 Å². The van der Waals surface area contributed by atoms with Crippen LogP contribution in [0.3, 0.4) is 0 Å². The first-order chi connectivity index (χ1) is 26.5. The molecule has 4 nitrogen and oxygen atoms in total. The zero-order valence-electron chi connectivity index (χ0n) is 35.2. The smallest absolute Gasteiger partial charge is 0.246 e. The summed E-state index contributed by atoms with van der Waals surface area (Å²) in [6.07, 6.45) is 9.21. The summed E-state index contributed by atoms with van der Waals surface area (Å²) in [5.41, 5.74) is 14.8. The third kappa shape index (κ3) is 6.69. The average molecular weight is 737 g/mol. The number of allylic oxidation sites excluding steroid dienone is 2. The van der Waals surface area contributed by atoms with E-state index in [0.29, 0.717) is 0 Å². The lowest BCUT2D eigenvalue weighted by atomic mass is 9.37. The molecule has 0 amide bonds. The maximum Gasteiger partial charge on any atom is 0.246 e. The highest BCUT2D eigenvalue weighted by Gasteiger charge is 2.44. The lowest BCUT2D eigenvalue weighted by Gasteiger charge is -2.46. The number of benzene rings is 4. The molecule has 5 heteroatoms. The van der Waals surface area contributed by atoms with E-state index in [-0.39, 0.29) is 34.9 Å². The van der Waals surface area contributed by atoms with Crippen molar-refractivity contribution in [2.75, 3.05) is 21.7 Å². The molecule has 1 aliphatic carbocycles. The number of hydrogen-bond acceptors (Lipinski definition) is 4. The van der Waals surface area contributed by atoms with E-state index in [1.54, 1.807) is 0 Å². The van der Waals surface area contributed by atoms with Crippen LogP contribution in [0, 0.1) is 12.8 Å². The molecule has 0 spiro atoms. The molecule has 284 valence electrons. The Morgan fingerprint density at radius 1 is 0.607 bits per heavy atom. The largest absolute Gasteiger partial charge is 0.367 e. The standard InChI is InChI=1S/C51H57BN4/c1-34-31-45-47-48(53-34)56(40-28-23-36(24-29-40)50(5,6)7)44-32-37(51(8,9)10)25-30-42(44)52(47)33-46(55(45)39-26-21-35(22-27-39)49(2,3)4)41-19-15-16-20-43(41)54(11)38-17-13-12-14-18-38/h12-33,41,43H,1-11H3. The summed E-state index contributed by atoms with van der Waals surface area (Å²) >= 11 is 0. The van der Waals surface area contributed by atoms with Gasteiger partial charge in [0.1, 0.15) is 5.82 Å². The van der Waals surface area contributed by atoms with Crippen molar-refractivity contribution in [1.29, 1.82) is 0 Å². The Morgan fingerprint density at radius 2 is 1.16 bits per heavy atom. The molecule has 0 radical (unpaired) electrons. The van der Waals surface area contributed by atoms with Gasteiger partial charge < -0.3 is 9.80 Å². The number of pyridine rings is 1. The van der Waals surface area contributed by atoms with E-state index in [2.05, 4.69) is 224 Å². The molecule has 4 aromatic carbocycles. The summed E-state index contributed by atoms with van der Waals surface area (Å²) in [5, 5.41) is 0. The van der Waals surface area contributed by atoms with Crippen LogP contribution in [0.4, 0.5) is 34.3 Å². The minimum Gasteiger partial charge on any atom is -0.367 e. The second-order valence-electron chi connectivity index (χ2n) is 19.1. The van der Waals surface area contributed by atoms with Crippen molar-refractivity contribution in [2.24, 2.45) is 5.92 Å². The van der Waals surface area contributed by atoms with Crippen LogP contribution in [0.1, 0.15) is 84.7 Å². The van der Waals surface area contributed by atoms with Crippen LogP contribution in [-0.2, 0) is 16.2 Å². The van der Waals surface area contributed by atoms with Crippen LogP contribution in [0.15, 0.2) is 139 Å². The molecule has 56 heavy (non-hydrogen) atoms. The molecule has 2 unspecified atom stereocenters. The fourth-order valence-corrected chi connectivity index (χ4v) is 8.70. The fourth-order valence-electron chi connectivity index (χ4n) is 8.70. The number of hydrogen-bond donors (Lipinski definition) is 0. The van der Waals surface area contributed by atoms with Crippen molar-refractivity contribution in [3.63, 3.8) is 0 Å². The van der Waals surface area contributed by atoms with E-state index >= 15 is 0 Å². The molecule has 0 saturated heterocycles. The number of likely N-dealkylation sites (N-methyl/N-ethyl adjacent to an activating group) is 1. The first-order valence-corrected chi connectivity index (χ1v) is 20.3. The molecular formula is C51H57BN4. The average Bonchev–Trinajstić information content (AvgIpc) is 3.16. The van der Waals surface area contributed by atoms with Gasteiger partial charge in [-0.25, -0.2) is 4.98 Å². The van der Waals surface area contributed by atoms with Crippen molar-refractivity contribution in [2.45, 2.75) is 91.5 Å². The maximum atomic E-state index is 5.46. The molecule has 3 heterocycles. The lowest BCUT2D eigenvalue weighted by Crippen LogP contribution is -2.55. The Labute approximate surface area is 336 Å². The monoisotopic (exact) mass is 736 g/mol. The van der Waals surface area contributed by atoms with Gasteiger partial charge in [0.15, 0.2) is 0 Å². The van der Waals surface area contributed by atoms with Crippen molar-refractivity contribution in [3.05, 3.63) is 161 Å². The topological polar surface area (TPSA) is 22.6 Å². The summed E-state index contributed by atoms with van der Waals surface area (Å²) in [5.74, 6) is 3.66. The molecular weight excluding hydrogens is 679 g/mol. The Kier molecular flexibility index (Phi) is 9.22. The van der Waals surface area contributed by atoms with Crippen LogP contribution in [0.2, 0.25) is 0 Å². The summed E-state index contributed by atoms with van der Waals surface area (Å²) in [6.45, 7) is 22.8. The number of rotatable bonds is 5. The zero-order chi connectivity index (χ0) is 39.7. The van der Waals surface area contributed by atoms with E-state index in [4.69, 9.17) is 4.98 Å². The highest BCUT2D eigenvalue weighted by Crippen LogP contribution is 2.46. The Balaban J connectivity index is 1.39. The van der Waals surface area contributed by atoms with Crippen molar-refractivity contribution >= 4 is 51.9 Å². The molecule has 3 aliphatic rings. The minimum atomic E-state index is -0.0136. The fraction of sp³-hybridized carbons (Fsp3) is 0.314. The van der Waals surface area contributed by atoms with Gasteiger partial charge in [-0.05, 0) is 99.3 Å². The molecule has 0 N–H and O–H groups in total. The SMILES string of the molecule is Cc1cc2c3c(n1)N(c1ccc(C(C)(C)C)cc1)c1cc(C(C)(C)C)ccc1B3C=C(C1C=CC=CC1N(C)c1ccccc1)N2c1ccc(C(C)(C)C)cc1. The summed E-state index contributed by atoms with van der Waals surface area (Å²) in [4.78, 5) is 12.9. The van der Waals surface area contributed by atoms with Gasteiger partial charge >= 0.3 is 0 Å². The molecule has 1 aromatic heterocycles.